The number of carbonyl (C=O) groups is 1. The Bertz CT molecular complexity index is 699. The summed E-state index contributed by atoms with van der Waals surface area (Å²) < 4.78 is 5.41. The molecule has 0 fully saturated rings. The monoisotopic (exact) mass is 273 g/mol. The van der Waals surface area contributed by atoms with Crippen LogP contribution in [-0.4, -0.2) is 16.0 Å². The average molecular weight is 273 g/mol. The molecule has 6 nitrogen and oxygen atoms in total. The smallest absolute Gasteiger partial charge is 0.335 e. The summed E-state index contributed by atoms with van der Waals surface area (Å²) in [5, 5.41) is 19.3. The maximum Gasteiger partial charge on any atom is 0.335 e. The highest BCUT2D eigenvalue weighted by atomic mass is 16.6. The van der Waals surface area contributed by atoms with E-state index in [-0.39, 0.29) is 5.56 Å². The van der Waals surface area contributed by atoms with Crippen LogP contribution in [0.25, 0.3) is 17.4 Å². The Kier molecular flexibility index (Phi) is 3.65. The van der Waals surface area contributed by atoms with Crippen molar-refractivity contribution in [1.29, 1.82) is 0 Å². The number of carboxylic acids is 1. The maximum absolute atomic E-state index is 11.1. The number of nitrogens with zero attached hydrogens (tertiary/aromatic N) is 1. The van der Waals surface area contributed by atoms with Gasteiger partial charge >= 0.3 is 5.97 Å². The molecule has 0 aliphatic rings. The van der Waals surface area contributed by atoms with Crippen LogP contribution < -0.4 is 0 Å². The highest BCUT2D eigenvalue weighted by Gasteiger charge is 2.11. The Morgan fingerprint density at radius 2 is 2.10 bits per heavy atom. The molecule has 0 bridgehead atoms. The summed E-state index contributed by atoms with van der Waals surface area (Å²) in [6.07, 6.45) is 2.01. The summed E-state index contributed by atoms with van der Waals surface area (Å²) in [7, 11) is 0. The predicted octanol–water partition coefficient (Wildman–Crippen LogP) is 3.20. The first kappa shape index (κ1) is 13.5. The van der Waals surface area contributed by atoms with Crippen molar-refractivity contribution in [3.63, 3.8) is 0 Å². The van der Waals surface area contributed by atoms with E-state index in [1.54, 1.807) is 31.2 Å². The summed E-state index contributed by atoms with van der Waals surface area (Å²) >= 11 is 0. The van der Waals surface area contributed by atoms with Gasteiger partial charge in [0.05, 0.1) is 16.6 Å². The quantitative estimate of drug-likeness (QED) is 0.681. The maximum atomic E-state index is 11.1. The number of hydrogen-bond donors (Lipinski definition) is 1. The molecule has 0 aliphatic heterocycles. The van der Waals surface area contributed by atoms with E-state index in [9.17, 15) is 14.9 Å². The number of rotatable bonds is 4. The first-order chi connectivity index (χ1) is 9.47. The topological polar surface area (TPSA) is 93.6 Å². The first-order valence-corrected chi connectivity index (χ1v) is 5.73. The number of aryl methyl sites for hydroxylation is 1. The van der Waals surface area contributed by atoms with Crippen molar-refractivity contribution in [1.82, 2.24) is 0 Å². The van der Waals surface area contributed by atoms with E-state index in [2.05, 4.69) is 0 Å². The van der Waals surface area contributed by atoms with Crippen molar-refractivity contribution >= 4 is 12.0 Å². The zero-order chi connectivity index (χ0) is 14.7. The van der Waals surface area contributed by atoms with Crippen LogP contribution >= 0.6 is 0 Å². The van der Waals surface area contributed by atoms with Crippen molar-refractivity contribution in [3.8, 4) is 11.3 Å². The lowest BCUT2D eigenvalue weighted by molar-refractivity contribution is -0.401. The molecule has 0 saturated carbocycles. The van der Waals surface area contributed by atoms with Crippen LogP contribution in [0, 0.1) is 17.0 Å². The summed E-state index contributed by atoms with van der Waals surface area (Å²) in [5.74, 6) is -0.228. The summed E-state index contributed by atoms with van der Waals surface area (Å²) in [4.78, 5) is 20.7. The molecule has 0 amide bonds. The van der Waals surface area contributed by atoms with Crippen LogP contribution in [-0.2, 0) is 0 Å². The van der Waals surface area contributed by atoms with Crippen LogP contribution in [0.3, 0.4) is 0 Å². The lowest BCUT2D eigenvalue weighted by atomic mass is 10.0. The normalized spacial score (nSPS) is 10.8. The van der Waals surface area contributed by atoms with Gasteiger partial charge in [-0.2, -0.15) is 0 Å². The lowest BCUT2D eigenvalue weighted by Gasteiger charge is -2.03. The third-order valence-corrected chi connectivity index (χ3v) is 2.74. The van der Waals surface area contributed by atoms with Crippen molar-refractivity contribution in [2.75, 3.05) is 0 Å². The third kappa shape index (κ3) is 2.92. The van der Waals surface area contributed by atoms with Gasteiger partial charge in [-0.3, -0.25) is 10.1 Å². The third-order valence-electron chi connectivity index (χ3n) is 2.74. The second-order valence-electron chi connectivity index (χ2n) is 4.14. The van der Waals surface area contributed by atoms with Crippen LogP contribution in [0.15, 0.2) is 40.9 Å². The molecule has 1 aromatic carbocycles. The van der Waals surface area contributed by atoms with Gasteiger partial charge in [-0.1, -0.05) is 12.1 Å². The molecule has 0 aliphatic carbocycles. The van der Waals surface area contributed by atoms with Crippen molar-refractivity contribution in [3.05, 3.63) is 63.5 Å². The summed E-state index contributed by atoms with van der Waals surface area (Å²) in [6, 6.07) is 8.15. The Morgan fingerprint density at radius 1 is 1.35 bits per heavy atom. The van der Waals surface area contributed by atoms with Crippen molar-refractivity contribution in [2.24, 2.45) is 0 Å². The minimum Gasteiger partial charge on any atom is -0.478 e. The SMILES string of the molecule is Cc1ccc(-c2ccc(C=C[N+](=O)[O-])o2)cc1C(=O)O. The molecule has 2 rings (SSSR count). The predicted molar refractivity (Wildman–Crippen MR) is 71.9 cm³/mol. The van der Waals surface area contributed by atoms with E-state index in [0.29, 0.717) is 22.6 Å². The van der Waals surface area contributed by atoms with Crippen LogP contribution in [0.5, 0.6) is 0 Å². The minimum atomic E-state index is -1.01. The van der Waals surface area contributed by atoms with E-state index >= 15 is 0 Å². The Labute approximate surface area is 114 Å². The van der Waals surface area contributed by atoms with Gasteiger partial charge in [0.25, 0.3) is 0 Å². The van der Waals surface area contributed by atoms with Crippen molar-refractivity contribution in [2.45, 2.75) is 6.92 Å². The van der Waals surface area contributed by atoms with Gasteiger partial charge in [0.1, 0.15) is 11.5 Å². The molecule has 1 N–H and O–H groups in total. The highest BCUT2D eigenvalue weighted by Crippen LogP contribution is 2.25. The molecule has 1 aromatic heterocycles. The highest BCUT2D eigenvalue weighted by molar-refractivity contribution is 5.90. The second-order valence-corrected chi connectivity index (χ2v) is 4.14. The van der Waals surface area contributed by atoms with Crippen LogP contribution in [0.2, 0.25) is 0 Å². The second kappa shape index (κ2) is 5.40. The molecule has 0 saturated heterocycles. The van der Waals surface area contributed by atoms with E-state index in [0.717, 1.165) is 6.20 Å². The molecule has 102 valence electrons. The Hall–Kier alpha value is -2.89. The van der Waals surface area contributed by atoms with Crippen LogP contribution in [0.1, 0.15) is 21.7 Å². The Balaban J connectivity index is 2.35. The zero-order valence-corrected chi connectivity index (χ0v) is 10.6. The molecular formula is C14H11NO5. The minimum absolute atomic E-state index is 0.196. The fourth-order valence-corrected chi connectivity index (χ4v) is 1.74. The van der Waals surface area contributed by atoms with E-state index in [1.807, 2.05) is 0 Å². The Morgan fingerprint density at radius 3 is 2.75 bits per heavy atom. The van der Waals surface area contributed by atoms with Gasteiger partial charge in [0, 0.05) is 5.56 Å². The zero-order valence-electron chi connectivity index (χ0n) is 10.6. The van der Waals surface area contributed by atoms with Crippen molar-refractivity contribution < 1.29 is 19.2 Å². The number of benzene rings is 1. The van der Waals surface area contributed by atoms with Crippen LogP contribution in [0.4, 0.5) is 0 Å². The van der Waals surface area contributed by atoms with E-state index < -0.39 is 10.9 Å². The molecule has 0 radical (unpaired) electrons. The molecule has 6 heteroatoms. The number of furan rings is 1. The fraction of sp³-hybridized carbons (Fsp3) is 0.0714. The lowest BCUT2D eigenvalue weighted by Crippen LogP contribution is -1.99. The number of nitro groups is 1. The van der Waals surface area contributed by atoms with Gasteiger partial charge in [0.2, 0.25) is 6.20 Å². The molecule has 20 heavy (non-hydrogen) atoms. The molecule has 1 heterocycles. The summed E-state index contributed by atoms with van der Waals surface area (Å²) in [6.45, 7) is 1.71. The summed E-state index contributed by atoms with van der Waals surface area (Å²) in [5.41, 5.74) is 1.45. The standard InChI is InChI=1S/C14H11NO5/c1-9-2-3-10(8-12(9)14(16)17)13-5-4-11(20-13)6-7-15(18)19/h2-8H,1H3,(H,16,17). The van der Waals surface area contributed by atoms with Gasteiger partial charge in [-0.05, 0) is 30.7 Å². The average Bonchev–Trinajstić information content (AvgIpc) is 2.85. The molecule has 0 spiro atoms. The fourth-order valence-electron chi connectivity index (χ4n) is 1.74. The number of hydrogen-bond acceptors (Lipinski definition) is 4. The molecular weight excluding hydrogens is 262 g/mol. The van der Waals surface area contributed by atoms with E-state index in [4.69, 9.17) is 9.52 Å². The number of carboxylic acid groups (broad SMARTS) is 1. The van der Waals surface area contributed by atoms with Gasteiger partial charge in [-0.15, -0.1) is 0 Å². The number of aromatic carboxylic acids is 1. The van der Waals surface area contributed by atoms with Gasteiger partial charge in [-0.25, -0.2) is 4.79 Å². The molecule has 2 aromatic rings. The largest absolute Gasteiger partial charge is 0.478 e. The van der Waals surface area contributed by atoms with Gasteiger partial charge in [0.15, 0.2) is 0 Å². The molecule has 0 atom stereocenters. The first-order valence-electron chi connectivity index (χ1n) is 5.73. The van der Waals surface area contributed by atoms with E-state index in [1.165, 1.54) is 12.1 Å². The van der Waals surface area contributed by atoms with Gasteiger partial charge < -0.3 is 9.52 Å². The molecule has 0 unspecified atom stereocenters.